The van der Waals surface area contributed by atoms with Gasteiger partial charge in [0, 0.05) is 37.4 Å². The fourth-order valence-electron chi connectivity index (χ4n) is 5.84. The number of pyridine rings is 1. The Morgan fingerprint density at radius 1 is 0.765 bits per heavy atom. The Kier molecular flexibility index (Phi) is 16.4. The highest BCUT2D eigenvalue weighted by Crippen LogP contribution is 2.27. The van der Waals surface area contributed by atoms with Crippen LogP contribution in [0.25, 0.3) is 0 Å². The predicted octanol–water partition coefficient (Wildman–Crippen LogP) is 5.34. The lowest BCUT2D eigenvalue weighted by Gasteiger charge is -2.25. The molecule has 3 aromatic rings. The average Bonchev–Trinajstić information content (AvgIpc) is 3.10. The van der Waals surface area contributed by atoms with Crippen molar-refractivity contribution in [2.45, 2.75) is 90.0 Å². The van der Waals surface area contributed by atoms with Gasteiger partial charge in [-0.05, 0) is 67.3 Å². The van der Waals surface area contributed by atoms with E-state index in [-0.39, 0.29) is 43.3 Å². The van der Waals surface area contributed by atoms with Gasteiger partial charge in [0.25, 0.3) is 0 Å². The quantitative estimate of drug-likeness (QED) is 0.109. The van der Waals surface area contributed by atoms with Gasteiger partial charge in [0.1, 0.15) is 5.69 Å². The molecule has 0 aliphatic heterocycles. The molecular formula is C39H50F3N5O4. The lowest BCUT2D eigenvalue weighted by molar-refractivity contribution is -0.141. The summed E-state index contributed by atoms with van der Waals surface area (Å²) < 4.78 is 38.7. The molecule has 0 aliphatic carbocycles. The van der Waals surface area contributed by atoms with Crippen LogP contribution in [0.15, 0.2) is 79.0 Å². The van der Waals surface area contributed by atoms with Crippen molar-refractivity contribution in [1.82, 2.24) is 15.6 Å². The van der Waals surface area contributed by atoms with Crippen LogP contribution in [0.1, 0.15) is 74.8 Å². The number of nitrogens with two attached hydrogens (primary N) is 2. The van der Waals surface area contributed by atoms with E-state index in [1.807, 2.05) is 74.5 Å². The van der Waals surface area contributed by atoms with E-state index in [1.54, 1.807) is 0 Å². The van der Waals surface area contributed by atoms with E-state index in [0.717, 1.165) is 23.4 Å². The van der Waals surface area contributed by atoms with Crippen LogP contribution in [0.5, 0.6) is 0 Å². The molecule has 9 nitrogen and oxygen atoms in total. The Hall–Kier alpha value is -4.42. The zero-order chi connectivity index (χ0) is 37.4. The van der Waals surface area contributed by atoms with Crippen molar-refractivity contribution in [2.24, 2.45) is 29.2 Å². The van der Waals surface area contributed by atoms with Crippen LogP contribution in [0.3, 0.4) is 0 Å². The van der Waals surface area contributed by atoms with Crippen molar-refractivity contribution >= 4 is 23.4 Å². The molecule has 6 N–H and O–H groups in total. The van der Waals surface area contributed by atoms with Crippen molar-refractivity contribution in [1.29, 1.82) is 0 Å². The Labute approximate surface area is 298 Å². The lowest BCUT2D eigenvalue weighted by Crippen LogP contribution is -2.47. The van der Waals surface area contributed by atoms with E-state index in [9.17, 15) is 32.3 Å². The van der Waals surface area contributed by atoms with Gasteiger partial charge in [-0.25, -0.2) is 0 Å². The summed E-state index contributed by atoms with van der Waals surface area (Å²) in [7, 11) is 0. The zero-order valence-corrected chi connectivity index (χ0v) is 29.3. The first kappa shape index (κ1) is 41.0. The number of alkyl halides is 3. The molecular weight excluding hydrogens is 659 g/mol. The molecule has 2 amide bonds. The van der Waals surface area contributed by atoms with Crippen molar-refractivity contribution in [3.63, 3.8) is 0 Å². The number of aromatic nitrogens is 1. The third-order valence-corrected chi connectivity index (χ3v) is 8.67. The van der Waals surface area contributed by atoms with Gasteiger partial charge in [-0.1, -0.05) is 87.0 Å². The van der Waals surface area contributed by atoms with Gasteiger partial charge in [0.15, 0.2) is 11.6 Å². The molecule has 0 radical (unpaired) electrons. The predicted molar refractivity (Wildman–Crippen MR) is 190 cm³/mol. The Balaban J connectivity index is 1.74. The zero-order valence-electron chi connectivity index (χ0n) is 29.3. The molecule has 51 heavy (non-hydrogen) atoms. The molecule has 0 saturated heterocycles. The molecule has 2 aromatic carbocycles. The van der Waals surface area contributed by atoms with Crippen LogP contribution < -0.4 is 22.1 Å². The second kappa shape index (κ2) is 20.4. The molecule has 0 unspecified atom stereocenters. The summed E-state index contributed by atoms with van der Waals surface area (Å²) in [6, 6.07) is 19.1. The number of unbranched alkanes of at least 4 members (excludes halogenated alkanes) is 1. The number of rotatable bonds is 21. The van der Waals surface area contributed by atoms with Crippen molar-refractivity contribution in [3.8, 4) is 0 Å². The number of amides is 2. The summed E-state index contributed by atoms with van der Waals surface area (Å²) in [5.74, 6) is -2.99. The number of carbonyl (C=O) groups excluding carboxylic acids is 4. The maximum atomic E-state index is 13.9. The number of ketones is 2. The van der Waals surface area contributed by atoms with Gasteiger partial charge in [0.2, 0.25) is 11.8 Å². The molecule has 3 rings (SSSR count). The molecule has 12 heteroatoms. The minimum Gasteiger partial charge on any atom is -0.352 e. The Morgan fingerprint density at radius 3 is 1.92 bits per heavy atom. The topological polar surface area (TPSA) is 157 Å². The molecule has 0 spiro atoms. The molecule has 276 valence electrons. The summed E-state index contributed by atoms with van der Waals surface area (Å²) in [5.41, 5.74) is 13.1. The minimum atomic E-state index is -4.58. The number of hydrogen-bond donors (Lipinski definition) is 4. The third kappa shape index (κ3) is 14.4. The Morgan fingerprint density at radius 2 is 1.37 bits per heavy atom. The fourth-order valence-corrected chi connectivity index (χ4v) is 5.84. The second-order valence-electron chi connectivity index (χ2n) is 13.5. The lowest BCUT2D eigenvalue weighted by atomic mass is 9.87. The first-order valence-corrected chi connectivity index (χ1v) is 17.5. The number of hydrogen-bond acceptors (Lipinski definition) is 7. The Bertz CT molecular complexity index is 1540. The van der Waals surface area contributed by atoms with E-state index in [2.05, 4.69) is 15.6 Å². The van der Waals surface area contributed by atoms with Gasteiger partial charge in [-0.15, -0.1) is 0 Å². The van der Waals surface area contributed by atoms with E-state index in [1.165, 1.54) is 6.07 Å². The second-order valence-corrected chi connectivity index (χ2v) is 13.5. The molecule has 0 bridgehead atoms. The molecule has 0 fully saturated rings. The fraction of sp³-hybridized carbons (Fsp3) is 0.462. The van der Waals surface area contributed by atoms with Crippen LogP contribution >= 0.6 is 0 Å². The molecule has 0 saturated carbocycles. The number of nitrogens with zero attached hydrogens (tertiary/aromatic N) is 1. The highest BCUT2D eigenvalue weighted by atomic mass is 19.4. The standard InChI is InChI=1S/C39H50F3N5O4/c1-26(2)19-33(35(49)22-30(15-9-10-18-43)37(50)46-25-29-16-17-36(45-24-29)39(40,41)42)47-38(51)31(20-27-11-5-3-6-12-27)23-34(48)32(44)21-28-13-7-4-8-14-28/h3-8,11-14,16-17,24,26,30-33H,9-10,15,18-23,25,43-44H2,1-2H3,(H,46,50)(H,47,51)/t30-,31-,32+,33+/m0/s1. The maximum Gasteiger partial charge on any atom is 0.433 e. The van der Waals surface area contributed by atoms with E-state index in [4.69, 9.17) is 11.5 Å². The van der Waals surface area contributed by atoms with Crippen molar-refractivity contribution in [3.05, 3.63) is 101 Å². The number of carbonyl (C=O) groups is 4. The summed E-state index contributed by atoms with van der Waals surface area (Å²) in [5, 5.41) is 5.64. The van der Waals surface area contributed by atoms with Crippen LogP contribution in [-0.2, 0) is 44.7 Å². The molecule has 4 atom stereocenters. The first-order chi connectivity index (χ1) is 24.3. The number of benzene rings is 2. The van der Waals surface area contributed by atoms with Crippen molar-refractivity contribution < 1.29 is 32.3 Å². The number of Topliss-reactive ketones (excluding diaryl/α,β-unsaturated/α-hetero) is 2. The summed E-state index contributed by atoms with van der Waals surface area (Å²) in [4.78, 5) is 57.9. The van der Waals surface area contributed by atoms with E-state index in [0.29, 0.717) is 44.2 Å². The van der Waals surface area contributed by atoms with Crippen molar-refractivity contribution in [2.75, 3.05) is 6.54 Å². The van der Waals surface area contributed by atoms with Gasteiger partial charge in [-0.2, -0.15) is 13.2 Å². The normalized spacial score (nSPS) is 14.0. The molecule has 0 aliphatic rings. The maximum absolute atomic E-state index is 13.9. The number of halogens is 3. The monoisotopic (exact) mass is 709 g/mol. The number of nitrogens with one attached hydrogen (secondary N) is 2. The van der Waals surface area contributed by atoms with Crippen LogP contribution in [-0.4, -0.2) is 47.0 Å². The average molecular weight is 710 g/mol. The van der Waals surface area contributed by atoms with Crippen LogP contribution in [0, 0.1) is 17.8 Å². The first-order valence-electron chi connectivity index (χ1n) is 17.5. The van der Waals surface area contributed by atoms with Gasteiger partial charge in [-0.3, -0.25) is 24.2 Å². The molecule has 1 aromatic heterocycles. The summed E-state index contributed by atoms with van der Waals surface area (Å²) in [6.45, 7) is 4.18. The highest BCUT2D eigenvalue weighted by Gasteiger charge is 2.33. The largest absolute Gasteiger partial charge is 0.433 e. The SMILES string of the molecule is CC(C)C[C@@H](NC(=O)[C@H](CC(=O)[C@H](N)Cc1ccccc1)Cc1ccccc1)C(=O)C[C@H](CCCCN)C(=O)NCc1ccc(C(F)(F)F)nc1. The van der Waals surface area contributed by atoms with Gasteiger partial charge in [0.05, 0.1) is 12.1 Å². The highest BCUT2D eigenvalue weighted by molar-refractivity contribution is 5.94. The van der Waals surface area contributed by atoms with Gasteiger partial charge < -0.3 is 22.1 Å². The molecule has 1 heterocycles. The van der Waals surface area contributed by atoms with Gasteiger partial charge >= 0.3 is 6.18 Å². The van der Waals surface area contributed by atoms with E-state index >= 15 is 0 Å². The van der Waals surface area contributed by atoms with Crippen LogP contribution in [0.4, 0.5) is 13.2 Å². The van der Waals surface area contributed by atoms with Crippen LogP contribution in [0.2, 0.25) is 0 Å². The smallest absolute Gasteiger partial charge is 0.352 e. The summed E-state index contributed by atoms with van der Waals surface area (Å²) in [6.07, 6.45) is -1.32. The third-order valence-electron chi connectivity index (χ3n) is 8.67. The summed E-state index contributed by atoms with van der Waals surface area (Å²) >= 11 is 0. The minimum absolute atomic E-state index is 0.0180. The van der Waals surface area contributed by atoms with E-state index < -0.39 is 47.6 Å².